The molecule has 3 aromatic carbocycles. The number of ether oxygens (including phenoxy) is 7. The lowest BCUT2D eigenvalue weighted by atomic mass is 9.85. The van der Waals surface area contributed by atoms with Gasteiger partial charge in [-0.3, -0.25) is 43.3 Å². The van der Waals surface area contributed by atoms with Gasteiger partial charge in [-0.15, -0.1) is 0 Å². The molecule has 0 aromatic heterocycles. The Hall–Kier alpha value is -8.26. The van der Waals surface area contributed by atoms with E-state index >= 15 is 0 Å². The Labute approximate surface area is 591 Å². The molecular weight excluding hydrogens is 1350 g/mol. The minimum Gasteiger partial charge on any atom is -0.478 e. The van der Waals surface area contributed by atoms with E-state index in [1.165, 1.54) is 52.3 Å². The van der Waals surface area contributed by atoms with E-state index in [0.717, 1.165) is 12.0 Å². The van der Waals surface area contributed by atoms with Gasteiger partial charge >= 0.3 is 30.0 Å². The van der Waals surface area contributed by atoms with E-state index < -0.39 is 108 Å². The molecule has 5 fully saturated rings. The smallest absolute Gasteiger partial charge is 0.410 e. The van der Waals surface area contributed by atoms with Gasteiger partial charge in [-0.2, -0.15) is 13.5 Å². The molecule has 6 heterocycles. The molecule has 0 unspecified atom stereocenters. The average molecular weight is 1440 g/mol. The van der Waals surface area contributed by atoms with Crippen LogP contribution < -0.4 is 38.5 Å². The molecule has 29 nitrogen and oxygen atoms in total. The molecular formula is C67H92Cl2N10O19S. The Morgan fingerprint density at radius 1 is 0.626 bits per heavy atom. The SMILES string of the molecule is CCO[C@@H]1OC(=O)C=C1NC(=O)[C@@H]1CCCN1C(=O)OCc1ccccc1.CCO[C@@H]1OC(=O)C[C@@H]1NC(=O)[C@@H]1CCCN1C(=O)[C@@H](N)C(C)(C)C.CCO[C@@H]1OC(=O)C[C@@H]1NC(=O)[C@@H]1CCCN1C(=O)[C@@H](NC(=O)c1ccc(N)c(Cl)c1)C(C)(C)C.Nc1ccc(C(=O)O)cc1Cl.S. The highest BCUT2D eigenvalue weighted by atomic mass is 35.5. The number of esters is 3. The number of anilines is 2. The molecule has 3 aromatic rings. The van der Waals surface area contributed by atoms with Crippen molar-refractivity contribution in [3.8, 4) is 0 Å². The van der Waals surface area contributed by atoms with Gasteiger partial charge in [-0.25, -0.2) is 14.4 Å². The number of carboxylic acids is 1. The first-order valence-electron chi connectivity index (χ1n) is 32.3. The third-order valence-corrected chi connectivity index (χ3v) is 17.0. The summed E-state index contributed by atoms with van der Waals surface area (Å²) in [5.41, 5.74) is 18.4. The van der Waals surface area contributed by atoms with Crippen LogP contribution in [0.25, 0.3) is 0 Å². The fourth-order valence-corrected chi connectivity index (χ4v) is 11.4. The maximum Gasteiger partial charge on any atom is 0.410 e. The maximum atomic E-state index is 13.6. The van der Waals surface area contributed by atoms with Gasteiger partial charge in [-0.1, -0.05) is 95.1 Å². The molecule has 9 rings (SSSR count). The number of carbonyl (C=O) groups is 11. The summed E-state index contributed by atoms with van der Waals surface area (Å²) in [4.78, 5) is 139. The molecule has 10 atom stereocenters. The van der Waals surface area contributed by atoms with Gasteiger partial charge in [0.25, 0.3) is 5.91 Å². The van der Waals surface area contributed by atoms with E-state index in [2.05, 4.69) is 21.3 Å². The number of benzene rings is 3. The highest BCUT2D eigenvalue weighted by molar-refractivity contribution is 7.59. The van der Waals surface area contributed by atoms with E-state index in [-0.39, 0.29) is 88.9 Å². The van der Waals surface area contributed by atoms with Crippen molar-refractivity contribution in [1.29, 1.82) is 0 Å². The fourth-order valence-electron chi connectivity index (χ4n) is 11.1. The Morgan fingerprint density at radius 2 is 1.09 bits per heavy atom. The first-order valence-corrected chi connectivity index (χ1v) is 33.1. The molecule has 0 saturated carbocycles. The van der Waals surface area contributed by atoms with Gasteiger partial charge in [0.1, 0.15) is 42.9 Å². The number of hydrogen-bond acceptors (Lipinski definition) is 21. The molecule has 544 valence electrons. The van der Waals surface area contributed by atoms with Crippen molar-refractivity contribution >= 4 is 113 Å². The molecule has 32 heteroatoms. The fraction of sp³-hybridized carbons (Fsp3) is 0.537. The van der Waals surface area contributed by atoms with Crippen molar-refractivity contribution in [2.75, 3.05) is 50.9 Å². The van der Waals surface area contributed by atoms with Crippen molar-refractivity contribution in [1.82, 2.24) is 36.0 Å². The lowest BCUT2D eigenvalue weighted by molar-refractivity contribution is -0.165. The molecule has 99 heavy (non-hydrogen) atoms. The topological polar surface area (TPSA) is 409 Å². The zero-order chi connectivity index (χ0) is 72.3. The minimum absolute atomic E-state index is 0. The van der Waals surface area contributed by atoms with Crippen LogP contribution in [0.5, 0.6) is 0 Å². The zero-order valence-corrected chi connectivity index (χ0v) is 59.4. The van der Waals surface area contributed by atoms with Gasteiger partial charge in [0, 0.05) is 51.1 Å². The number of nitrogen functional groups attached to an aromatic ring is 2. The quantitative estimate of drug-likeness (QED) is 0.0421. The number of hydrogen-bond donors (Lipinski definition) is 8. The molecule has 7 amide bonds. The number of cyclic esters (lactones) is 3. The van der Waals surface area contributed by atoms with E-state index in [0.29, 0.717) is 82.9 Å². The Morgan fingerprint density at radius 3 is 1.56 bits per heavy atom. The summed E-state index contributed by atoms with van der Waals surface area (Å²) < 4.78 is 36.5. The monoisotopic (exact) mass is 1440 g/mol. The lowest BCUT2D eigenvalue weighted by Crippen LogP contribution is -2.58. The summed E-state index contributed by atoms with van der Waals surface area (Å²) in [7, 11) is 0. The summed E-state index contributed by atoms with van der Waals surface area (Å²) in [6.45, 7) is 19.0. The first-order chi connectivity index (χ1) is 46.3. The van der Waals surface area contributed by atoms with E-state index in [1.54, 1.807) is 25.7 Å². The van der Waals surface area contributed by atoms with Gasteiger partial charge in [0.2, 0.25) is 48.4 Å². The van der Waals surface area contributed by atoms with Crippen LogP contribution in [0.4, 0.5) is 16.2 Å². The molecule has 0 spiro atoms. The number of likely N-dealkylation sites (tertiary alicyclic amines) is 3. The molecule has 0 bridgehead atoms. The third kappa shape index (κ3) is 22.9. The molecule has 6 aliphatic rings. The number of rotatable bonds is 19. The molecule has 0 aliphatic carbocycles. The van der Waals surface area contributed by atoms with Crippen LogP contribution in [-0.2, 0) is 78.1 Å². The van der Waals surface area contributed by atoms with E-state index in [9.17, 15) is 52.7 Å². The third-order valence-electron chi connectivity index (χ3n) is 16.3. The maximum absolute atomic E-state index is 13.6. The second-order valence-corrected chi connectivity index (χ2v) is 26.6. The summed E-state index contributed by atoms with van der Waals surface area (Å²) in [5.74, 6) is -4.55. The number of nitrogens with one attached hydrogen (secondary N) is 4. The summed E-state index contributed by atoms with van der Waals surface area (Å²) in [6.07, 6.45) is 1.82. The zero-order valence-electron chi connectivity index (χ0n) is 56.9. The summed E-state index contributed by atoms with van der Waals surface area (Å²) >= 11 is 11.6. The Bertz CT molecular complexity index is 3410. The van der Waals surface area contributed by atoms with Crippen molar-refractivity contribution in [2.45, 2.75) is 181 Å². The van der Waals surface area contributed by atoms with E-state index in [1.807, 2.05) is 71.9 Å². The number of halogens is 2. The number of amides is 7. The number of carbonyl (C=O) groups excluding carboxylic acids is 10. The number of carboxylic acid groups (broad SMARTS) is 1. The summed E-state index contributed by atoms with van der Waals surface area (Å²) in [5, 5.41) is 20.1. The van der Waals surface area contributed by atoms with Crippen molar-refractivity contribution in [3.63, 3.8) is 0 Å². The molecule has 6 aliphatic heterocycles. The van der Waals surface area contributed by atoms with Gasteiger partial charge in [-0.05, 0) is 112 Å². The molecule has 0 radical (unpaired) electrons. The van der Waals surface area contributed by atoms with Crippen LogP contribution in [0.1, 0.15) is 140 Å². The highest BCUT2D eigenvalue weighted by Crippen LogP contribution is 2.30. The van der Waals surface area contributed by atoms with Gasteiger partial charge in [0.15, 0.2) is 0 Å². The standard InChI is InChI=1S/C24H33ClN4O6.C19H22N2O6.C17H29N3O5.C7H6ClNO2.H2S/c1-5-34-23-16(12-18(30)35-23)27-21(32)17-7-6-10-29(17)22(33)19(24(2,3)4)28-20(31)13-8-9-15(26)14(25)11-13;1-2-25-18-14(11-16(22)27-18)20-17(23)15-9-6-10-21(15)19(24)26-12-13-7-4-3-5-8-13;1-5-24-16-10(9-12(21)25-16)19-14(22)11-7-6-8-20(11)15(23)13(18)17(2,3)4;8-5-3-4(7(10)11)1-2-6(5)9;/h8-9,11,16-17,19,23H,5-7,10,12,26H2,1-4H3,(H,27,32)(H,28,31);3-5,7-8,11,15,18H,2,6,9-10,12H2,1H3,(H,20,23);10-11,13,16H,5-9,18H2,1-4H3,(H,19,22);1-3H,9H2,(H,10,11);1H2/t16-,17-,19+,23+;15-,18+;10-,11-,13+,16+;;/m000../s1. The van der Waals surface area contributed by atoms with Crippen molar-refractivity contribution in [2.24, 2.45) is 16.6 Å². The number of nitrogens with two attached hydrogens (primary N) is 3. The van der Waals surface area contributed by atoms with Crippen molar-refractivity contribution < 1.29 is 91.0 Å². The second kappa shape index (κ2) is 37.2. The van der Waals surface area contributed by atoms with Crippen LogP contribution in [-0.4, -0.2) is 186 Å². The largest absolute Gasteiger partial charge is 0.478 e. The van der Waals surface area contributed by atoms with Crippen LogP contribution in [0.2, 0.25) is 10.0 Å². The minimum atomic E-state index is -1.01. The Kier molecular flexibility index (Phi) is 30.6. The number of aromatic carboxylic acids is 1. The highest BCUT2D eigenvalue weighted by Gasteiger charge is 2.46. The van der Waals surface area contributed by atoms with Crippen LogP contribution in [0.3, 0.4) is 0 Å². The Balaban J connectivity index is 0.000000250. The van der Waals surface area contributed by atoms with E-state index in [4.69, 9.17) is 78.7 Å². The van der Waals surface area contributed by atoms with Crippen LogP contribution in [0.15, 0.2) is 78.5 Å². The normalized spacial score (nSPS) is 22.2. The number of nitrogens with zero attached hydrogens (tertiary/aromatic N) is 3. The van der Waals surface area contributed by atoms with Crippen molar-refractivity contribution in [3.05, 3.63) is 105 Å². The molecule has 11 N–H and O–H groups in total. The van der Waals surface area contributed by atoms with Crippen LogP contribution in [0, 0.1) is 10.8 Å². The predicted molar refractivity (Wildman–Crippen MR) is 367 cm³/mol. The molecule has 5 saturated heterocycles. The average Bonchev–Trinajstić information content (AvgIpc) is 1.68. The van der Waals surface area contributed by atoms with Crippen LogP contribution >= 0.6 is 36.7 Å². The predicted octanol–water partition coefficient (Wildman–Crippen LogP) is 5.44. The second-order valence-electron chi connectivity index (χ2n) is 25.7. The lowest BCUT2D eigenvalue weighted by Gasteiger charge is -2.35. The van der Waals surface area contributed by atoms with Gasteiger partial charge < -0.3 is 86.5 Å². The van der Waals surface area contributed by atoms with Gasteiger partial charge in [0.05, 0.1) is 51.6 Å². The first kappa shape index (κ1) is 81.4. The summed E-state index contributed by atoms with van der Waals surface area (Å²) in [6, 6.07) is 13.3.